The molecule has 5 N–H and O–H groups in total. The molecule has 0 atom stereocenters. The van der Waals surface area contributed by atoms with Gasteiger partial charge in [0.25, 0.3) is 20.1 Å². The van der Waals surface area contributed by atoms with Gasteiger partial charge in [0.1, 0.15) is 22.0 Å². The average Bonchev–Trinajstić information content (AvgIpc) is 2.96. The zero-order valence-electron chi connectivity index (χ0n) is 24.1. The number of amides is 1. The van der Waals surface area contributed by atoms with Crippen molar-refractivity contribution in [1.82, 2.24) is 0 Å². The molecule has 0 spiro atoms. The number of phenols is 1. The summed E-state index contributed by atoms with van der Waals surface area (Å²) in [6, 6.07) is 17.4. The van der Waals surface area contributed by atoms with E-state index in [9.17, 15) is 31.3 Å². The highest BCUT2D eigenvalue weighted by Crippen LogP contribution is 2.41. The van der Waals surface area contributed by atoms with Gasteiger partial charge in [0, 0.05) is 25.2 Å². The van der Waals surface area contributed by atoms with Crippen LogP contribution >= 0.6 is 0 Å². The first-order valence-electron chi connectivity index (χ1n) is 13.8. The summed E-state index contributed by atoms with van der Waals surface area (Å²) in [5, 5.41) is 22.0. The Hall–Kier alpha value is -4.53. The van der Waals surface area contributed by atoms with Gasteiger partial charge in [0.05, 0.1) is 21.7 Å². The lowest BCUT2D eigenvalue weighted by Crippen LogP contribution is -2.32. The minimum Gasteiger partial charge on any atom is -0.507 e. The molecule has 232 valence electrons. The van der Waals surface area contributed by atoms with Crippen LogP contribution in [-0.4, -0.2) is 38.9 Å². The Labute approximate surface area is 256 Å². The van der Waals surface area contributed by atoms with Crippen LogP contribution < -0.4 is 15.4 Å². The fourth-order valence-corrected chi connectivity index (χ4v) is 6.80. The number of benzene rings is 4. The molecule has 14 heteroatoms. The van der Waals surface area contributed by atoms with E-state index in [1.807, 2.05) is 0 Å². The van der Waals surface area contributed by atoms with Crippen molar-refractivity contribution in [2.24, 2.45) is 10.2 Å². The van der Waals surface area contributed by atoms with Crippen LogP contribution in [0.1, 0.15) is 39.5 Å². The van der Waals surface area contributed by atoms with Gasteiger partial charge in [-0.25, -0.2) is 8.42 Å². The Morgan fingerprint density at radius 2 is 1.64 bits per heavy atom. The number of sulfonamides is 1. The number of carbonyl (C=O) groups is 1. The summed E-state index contributed by atoms with van der Waals surface area (Å²) >= 11 is 0. The molecule has 4 aromatic rings. The smallest absolute Gasteiger partial charge is 0.294 e. The molecule has 0 aliphatic carbocycles. The predicted molar refractivity (Wildman–Crippen MR) is 170 cm³/mol. The predicted octanol–water partition coefficient (Wildman–Crippen LogP) is 6.52. The molecule has 0 aromatic heterocycles. The number of phenolic OH excluding ortho intramolecular Hbond substituents is 1. The van der Waals surface area contributed by atoms with Gasteiger partial charge in [-0.05, 0) is 60.3 Å². The Balaban J connectivity index is 1.78. The summed E-state index contributed by atoms with van der Waals surface area (Å²) in [7, 11) is -8.78. The monoisotopic (exact) mass is 639 g/mol. The van der Waals surface area contributed by atoms with Gasteiger partial charge < -0.3 is 16.2 Å². The van der Waals surface area contributed by atoms with E-state index >= 15 is 0 Å². The van der Waals surface area contributed by atoms with Crippen molar-refractivity contribution in [1.29, 1.82) is 0 Å². The van der Waals surface area contributed by atoms with E-state index in [1.165, 1.54) is 35.5 Å². The van der Waals surface area contributed by atoms with Gasteiger partial charge in [0.15, 0.2) is 0 Å². The SMILES string of the molecule is CCCCCCN(c1ccc(NC(C)=O)cc1)S(=O)(=O)c1ccccc1N=Nc1c(N)ccc2cc(S(=O)(=O)O)cc(O)c12. The second kappa shape index (κ2) is 13.4. The van der Waals surface area contributed by atoms with Crippen LogP contribution in [0.15, 0.2) is 92.8 Å². The number of hydrogen-bond acceptors (Lipinski definition) is 9. The van der Waals surface area contributed by atoms with E-state index in [0.29, 0.717) is 17.8 Å². The second-order valence-electron chi connectivity index (χ2n) is 10.1. The fourth-order valence-electron chi connectivity index (χ4n) is 4.64. The number of azo groups is 1. The molecule has 0 radical (unpaired) electrons. The maximum atomic E-state index is 14.2. The molecule has 0 heterocycles. The Morgan fingerprint density at radius 3 is 2.30 bits per heavy atom. The lowest BCUT2D eigenvalue weighted by Gasteiger charge is -2.25. The van der Waals surface area contributed by atoms with Gasteiger partial charge in [-0.15, -0.1) is 10.2 Å². The standard InChI is InChI=1S/C30H33N5O7S2/c1-3-4-5-8-17-35(23-14-12-22(13-15-23)32-20(2)36)43(38,39)28-10-7-6-9-26(28)33-34-30-25(31)16-11-21-18-24(44(40,41)42)19-27(37)29(21)30/h6-7,9-16,18-19,37H,3-5,8,17,31H2,1-2H3,(H,32,36)(H,40,41,42). The molecule has 0 saturated heterocycles. The fraction of sp³-hybridized carbons (Fsp3) is 0.233. The Bertz CT molecular complexity index is 1930. The topological polar surface area (TPSA) is 192 Å². The van der Waals surface area contributed by atoms with Crippen molar-refractivity contribution in [2.45, 2.75) is 49.3 Å². The quantitative estimate of drug-likeness (QED) is 0.0582. The van der Waals surface area contributed by atoms with Crippen molar-refractivity contribution in [3.8, 4) is 5.75 Å². The van der Waals surface area contributed by atoms with Gasteiger partial charge >= 0.3 is 0 Å². The molecule has 0 aliphatic heterocycles. The van der Waals surface area contributed by atoms with Crippen LogP contribution in [0.5, 0.6) is 5.75 Å². The van der Waals surface area contributed by atoms with Crippen LogP contribution in [0.3, 0.4) is 0 Å². The lowest BCUT2D eigenvalue weighted by atomic mass is 10.1. The highest BCUT2D eigenvalue weighted by atomic mass is 32.2. The molecule has 0 fully saturated rings. The summed E-state index contributed by atoms with van der Waals surface area (Å²) in [6.07, 6.45) is 3.37. The number of nitrogens with two attached hydrogens (primary N) is 1. The van der Waals surface area contributed by atoms with Crippen molar-refractivity contribution >= 4 is 65.3 Å². The third kappa shape index (κ3) is 7.33. The zero-order chi connectivity index (χ0) is 32.1. The van der Waals surface area contributed by atoms with Crippen LogP contribution in [0.4, 0.5) is 28.4 Å². The van der Waals surface area contributed by atoms with E-state index < -0.39 is 30.8 Å². The normalized spacial score (nSPS) is 12.1. The molecular formula is C30H33N5O7S2. The lowest BCUT2D eigenvalue weighted by molar-refractivity contribution is -0.114. The zero-order valence-corrected chi connectivity index (χ0v) is 25.8. The van der Waals surface area contributed by atoms with Gasteiger partial charge in [-0.1, -0.05) is 44.4 Å². The maximum absolute atomic E-state index is 14.2. The first-order chi connectivity index (χ1) is 20.8. The largest absolute Gasteiger partial charge is 0.507 e. The third-order valence-electron chi connectivity index (χ3n) is 6.75. The minimum atomic E-state index is -4.60. The molecule has 4 aromatic carbocycles. The summed E-state index contributed by atoms with van der Waals surface area (Å²) in [5.41, 5.74) is 7.14. The highest BCUT2D eigenvalue weighted by molar-refractivity contribution is 7.93. The van der Waals surface area contributed by atoms with Crippen LogP contribution in [0.2, 0.25) is 0 Å². The van der Waals surface area contributed by atoms with Crippen molar-refractivity contribution in [3.05, 3.63) is 72.8 Å². The van der Waals surface area contributed by atoms with Crippen molar-refractivity contribution in [2.75, 3.05) is 21.9 Å². The van der Waals surface area contributed by atoms with Gasteiger partial charge in [-0.2, -0.15) is 8.42 Å². The van der Waals surface area contributed by atoms with Crippen molar-refractivity contribution < 1.29 is 31.3 Å². The van der Waals surface area contributed by atoms with E-state index in [1.54, 1.807) is 36.4 Å². The summed E-state index contributed by atoms with van der Waals surface area (Å²) in [4.78, 5) is 10.8. The first kappa shape index (κ1) is 32.4. The molecule has 0 saturated carbocycles. The number of nitrogen functional groups attached to an aromatic ring is 1. The van der Waals surface area contributed by atoms with Crippen molar-refractivity contribution in [3.63, 3.8) is 0 Å². The van der Waals surface area contributed by atoms with Gasteiger partial charge in [-0.3, -0.25) is 13.7 Å². The van der Waals surface area contributed by atoms with E-state index in [4.69, 9.17) is 5.73 Å². The number of rotatable bonds is 12. The maximum Gasteiger partial charge on any atom is 0.294 e. The number of nitrogens with one attached hydrogen (secondary N) is 1. The molecular weight excluding hydrogens is 606 g/mol. The Morgan fingerprint density at radius 1 is 0.932 bits per heavy atom. The van der Waals surface area contributed by atoms with E-state index in [-0.39, 0.29) is 45.2 Å². The molecule has 12 nitrogen and oxygen atoms in total. The van der Waals surface area contributed by atoms with E-state index in [2.05, 4.69) is 22.5 Å². The highest BCUT2D eigenvalue weighted by Gasteiger charge is 2.28. The van der Waals surface area contributed by atoms with Crippen LogP contribution in [0, 0.1) is 0 Å². The number of aromatic hydroxyl groups is 1. The van der Waals surface area contributed by atoms with Crippen LogP contribution in [0.25, 0.3) is 10.8 Å². The molecule has 1 amide bonds. The number of carbonyl (C=O) groups excluding carboxylic acids is 1. The number of unbranched alkanes of at least 4 members (excludes halogenated alkanes) is 3. The molecule has 4 rings (SSSR count). The minimum absolute atomic E-state index is 0.00590. The average molecular weight is 640 g/mol. The molecule has 0 unspecified atom stereocenters. The van der Waals surface area contributed by atoms with Crippen LogP contribution in [-0.2, 0) is 24.9 Å². The number of hydrogen-bond donors (Lipinski definition) is 4. The summed E-state index contributed by atoms with van der Waals surface area (Å²) in [5.74, 6) is -0.765. The summed E-state index contributed by atoms with van der Waals surface area (Å²) in [6.45, 7) is 3.65. The number of fused-ring (bicyclic) bond motifs is 1. The van der Waals surface area contributed by atoms with E-state index in [0.717, 1.165) is 31.4 Å². The van der Waals surface area contributed by atoms with Gasteiger partial charge in [0.2, 0.25) is 5.91 Å². The first-order valence-corrected chi connectivity index (χ1v) is 16.6. The third-order valence-corrected chi connectivity index (χ3v) is 9.46. The molecule has 44 heavy (non-hydrogen) atoms. The Kier molecular flexibility index (Phi) is 9.87. The molecule has 0 aliphatic rings. The molecule has 0 bridgehead atoms. The number of anilines is 3. The second-order valence-corrected chi connectivity index (χ2v) is 13.3. The number of nitrogens with zero attached hydrogens (tertiary/aromatic N) is 3. The summed E-state index contributed by atoms with van der Waals surface area (Å²) < 4.78 is 62.3.